The highest BCUT2D eigenvalue weighted by Gasteiger charge is 2.26. The lowest BCUT2D eigenvalue weighted by molar-refractivity contribution is -0.140. The molecular formula is C12H20O4. The molecule has 0 amide bonds. The van der Waals surface area contributed by atoms with Gasteiger partial charge >= 0.3 is 11.9 Å². The van der Waals surface area contributed by atoms with E-state index in [1.807, 2.05) is 20.8 Å². The normalized spacial score (nSPS) is 12.3. The lowest BCUT2D eigenvalue weighted by Crippen LogP contribution is -2.20. The summed E-state index contributed by atoms with van der Waals surface area (Å²) in [6, 6.07) is 0. The zero-order valence-corrected chi connectivity index (χ0v) is 10.3. The van der Waals surface area contributed by atoms with Crippen LogP contribution in [0.5, 0.6) is 0 Å². The third-order valence-corrected chi connectivity index (χ3v) is 2.82. The summed E-state index contributed by atoms with van der Waals surface area (Å²) in [5, 5.41) is 17.9. The Morgan fingerprint density at radius 3 is 1.69 bits per heavy atom. The third kappa shape index (κ3) is 3.36. The smallest absolute Gasteiger partial charge is 0.343 e. The van der Waals surface area contributed by atoms with Crippen molar-refractivity contribution >= 4 is 11.9 Å². The highest BCUT2D eigenvalue weighted by molar-refractivity contribution is 6.13. The minimum atomic E-state index is -1.34. The number of allylic oxidation sites excluding steroid dienone is 1. The second-order valence-corrected chi connectivity index (χ2v) is 4.12. The molecule has 4 heteroatoms. The molecule has 0 aliphatic carbocycles. The van der Waals surface area contributed by atoms with Crippen LogP contribution in [-0.4, -0.2) is 22.2 Å². The van der Waals surface area contributed by atoms with Crippen LogP contribution >= 0.6 is 0 Å². The lowest BCUT2D eigenvalue weighted by atomic mass is 9.82. The number of carbonyl (C=O) groups is 2. The van der Waals surface area contributed by atoms with Gasteiger partial charge < -0.3 is 10.2 Å². The SMILES string of the molecule is CCC(=C(C(=O)O)C(=O)O)C(CC)C(C)C. The van der Waals surface area contributed by atoms with Crippen LogP contribution < -0.4 is 0 Å². The first kappa shape index (κ1) is 14.7. The topological polar surface area (TPSA) is 74.6 Å². The Bertz CT molecular complexity index is 286. The van der Waals surface area contributed by atoms with Crippen LogP contribution in [0.4, 0.5) is 0 Å². The highest BCUT2D eigenvalue weighted by Crippen LogP contribution is 2.29. The first-order chi connectivity index (χ1) is 7.36. The Kier molecular flexibility index (Phi) is 5.78. The van der Waals surface area contributed by atoms with Crippen LogP contribution in [0.1, 0.15) is 40.5 Å². The van der Waals surface area contributed by atoms with Gasteiger partial charge in [-0.2, -0.15) is 0 Å². The molecule has 0 rings (SSSR count). The van der Waals surface area contributed by atoms with E-state index in [-0.39, 0.29) is 11.8 Å². The molecule has 0 saturated carbocycles. The first-order valence-corrected chi connectivity index (χ1v) is 5.56. The standard InChI is InChI=1S/C12H20O4/c1-5-8(7(3)4)9(6-2)10(11(13)14)12(15)16/h7-8H,5-6H2,1-4H3,(H,13,14)(H,15,16). The minimum absolute atomic E-state index is 0.0206. The van der Waals surface area contributed by atoms with Gasteiger partial charge in [0.1, 0.15) is 5.57 Å². The fraction of sp³-hybridized carbons (Fsp3) is 0.667. The molecule has 4 nitrogen and oxygen atoms in total. The van der Waals surface area contributed by atoms with Crippen molar-refractivity contribution in [3.63, 3.8) is 0 Å². The molecule has 0 aliphatic rings. The summed E-state index contributed by atoms with van der Waals surface area (Å²) in [6.07, 6.45) is 1.22. The quantitative estimate of drug-likeness (QED) is 0.416. The van der Waals surface area contributed by atoms with Crippen molar-refractivity contribution in [3.8, 4) is 0 Å². The molecule has 0 aromatic rings. The summed E-state index contributed by atoms with van der Waals surface area (Å²) >= 11 is 0. The van der Waals surface area contributed by atoms with E-state index in [1.54, 1.807) is 6.92 Å². The van der Waals surface area contributed by atoms with Crippen LogP contribution in [0.15, 0.2) is 11.1 Å². The maximum atomic E-state index is 10.9. The number of carboxylic acids is 2. The fourth-order valence-corrected chi connectivity index (χ4v) is 2.11. The second-order valence-electron chi connectivity index (χ2n) is 4.12. The maximum absolute atomic E-state index is 10.9. The monoisotopic (exact) mass is 228 g/mol. The van der Waals surface area contributed by atoms with Crippen molar-refractivity contribution in [2.45, 2.75) is 40.5 Å². The summed E-state index contributed by atoms with van der Waals surface area (Å²) in [7, 11) is 0. The van der Waals surface area contributed by atoms with Crippen molar-refractivity contribution in [2.75, 3.05) is 0 Å². The molecule has 1 atom stereocenters. The van der Waals surface area contributed by atoms with E-state index in [0.29, 0.717) is 12.0 Å². The molecule has 0 radical (unpaired) electrons. The molecule has 0 saturated heterocycles. The van der Waals surface area contributed by atoms with Gasteiger partial charge in [0, 0.05) is 0 Å². The van der Waals surface area contributed by atoms with E-state index in [9.17, 15) is 9.59 Å². The van der Waals surface area contributed by atoms with Crippen molar-refractivity contribution in [2.24, 2.45) is 11.8 Å². The summed E-state index contributed by atoms with van der Waals surface area (Å²) < 4.78 is 0. The van der Waals surface area contributed by atoms with Crippen LogP contribution in [0.3, 0.4) is 0 Å². The van der Waals surface area contributed by atoms with Gasteiger partial charge in [0.05, 0.1) is 0 Å². The summed E-state index contributed by atoms with van der Waals surface area (Å²) in [5.74, 6) is -2.42. The molecular weight excluding hydrogens is 208 g/mol. The zero-order chi connectivity index (χ0) is 12.9. The Hall–Kier alpha value is -1.32. The number of rotatable bonds is 6. The number of hydrogen-bond donors (Lipinski definition) is 2. The molecule has 1 unspecified atom stereocenters. The number of carboxylic acid groups (broad SMARTS) is 2. The molecule has 0 spiro atoms. The molecule has 0 fully saturated rings. The minimum Gasteiger partial charge on any atom is -0.477 e. The first-order valence-electron chi connectivity index (χ1n) is 5.56. The van der Waals surface area contributed by atoms with Gasteiger partial charge in [-0.25, -0.2) is 9.59 Å². The second kappa shape index (κ2) is 6.30. The Balaban J connectivity index is 5.56. The summed E-state index contributed by atoms with van der Waals surface area (Å²) in [6.45, 7) is 7.70. The Labute approximate surface area is 96.0 Å². The van der Waals surface area contributed by atoms with Gasteiger partial charge in [-0.3, -0.25) is 0 Å². The van der Waals surface area contributed by atoms with Crippen LogP contribution in [-0.2, 0) is 9.59 Å². The van der Waals surface area contributed by atoms with Crippen molar-refractivity contribution in [3.05, 3.63) is 11.1 Å². The third-order valence-electron chi connectivity index (χ3n) is 2.82. The molecule has 0 aliphatic heterocycles. The van der Waals surface area contributed by atoms with Gasteiger partial charge in [0.15, 0.2) is 0 Å². The summed E-state index contributed by atoms with van der Waals surface area (Å²) in [4.78, 5) is 21.9. The Morgan fingerprint density at radius 2 is 1.50 bits per heavy atom. The van der Waals surface area contributed by atoms with Gasteiger partial charge in [-0.1, -0.05) is 27.7 Å². The largest absolute Gasteiger partial charge is 0.477 e. The predicted octanol–water partition coefficient (Wildman–Crippen LogP) is 2.54. The average Bonchev–Trinajstić information content (AvgIpc) is 2.15. The predicted molar refractivity (Wildman–Crippen MR) is 61.2 cm³/mol. The molecule has 0 bridgehead atoms. The van der Waals surface area contributed by atoms with Gasteiger partial charge in [0.2, 0.25) is 0 Å². The number of hydrogen-bond acceptors (Lipinski definition) is 2. The van der Waals surface area contributed by atoms with E-state index in [0.717, 1.165) is 6.42 Å². The van der Waals surface area contributed by atoms with E-state index in [1.165, 1.54) is 0 Å². The van der Waals surface area contributed by atoms with Crippen LogP contribution in [0.2, 0.25) is 0 Å². The fourth-order valence-electron chi connectivity index (χ4n) is 2.11. The molecule has 16 heavy (non-hydrogen) atoms. The van der Waals surface area contributed by atoms with E-state index in [4.69, 9.17) is 10.2 Å². The maximum Gasteiger partial charge on any atom is 0.343 e. The summed E-state index contributed by atoms with van der Waals surface area (Å²) in [5.41, 5.74) is 0.0838. The highest BCUT2D eigenvalue weighted by atomic mass is 16.4. The molecule has 0 aromatic carbocycles. The van der Waals surface area contributed by atoms with Gasteiger partial charge in [0.25, 0.3) is 0 Å². The van der Waals surface area contributed by atoms with Gasteiger partial charge in [-0.05, 0) is 30.3 Å². The molecule has 0 heterocycles. The van der Waals surface area contributed by atoms with Crippen LogP contribution in [0.25, 0.3) is 0 Å². The average molecular weight is 228 g/mol. The van der Waals surface area contributed by atoms with E-state index >= 15 is 0 Å². The van der Waals surface area contributed by atoms with E-state index < -0.39 is 17.5 Å². The Morgan fingerprint density at radius 1 is 1.06 bits per heavy atom. The van der Waals surface area contributed by atoms with Crippen molar-refractivity contribution in [1.29, 1.82) is 0 Å². The van der Waals surface area contributed by atoms with Crippen LogP contribution in [0, 0.1) is 11.8 Å². The van der Waals surface area contributed by atoms with Crippen molar-refractivity contribution < 1.29 is 19.8 Å². The molecule has 2 N–H and O–H groups in total. The zero-order valence-electron chi connectivity index (χ0n) is 10.3. The molecule has 92 valence electrons. The van der Waals surface area contributed by atoms with Gasteiger partial charge in [-0.15, -0.1) is 0 Å². The van der Waals surface area contributed by atoms with E-state index in [2.05, 4.69) is 0 Å². The number of aliphatic carboxylic acids is 2. The van der Waals surface area contributed by atoms with Crippen molar-refractivity contribution in [1.82, 2.24) is 0 Å². The molecule has 0 aromatic heterocycles. The lowest BCUT2D eigenvalue weighted by Gasteiger charge is -2.23.